The van der Waals surface area contributed by atoms with Crippen LogP contribution in [-0.4, -0.2) is 0 Å². The van der Waals surface area contributed by atoms with Gasteiger partial charge >= 0.3 is 0 Å². The molecular formula is C10H11N3. The summed E-state index contributed by atoms with van der Waals surface area (Å²) in [6.07, 6.45) is 3.23. The summed E-state index contributed by atoms with van der Waals surface area (Å²) in [5.41, 5.74) is 11.0. The van der Waals surface area contributed by atoms with E-state index in [-0.39, 0.29) is 6.04 Å². The molecule has 0 heterocycles. The van der Waals surface area contributed by atoms with Crippen LogP contribution in [0.1, 0.15) is 30.0 Å². The van der Waals surface area contributed by atoms with Gasteiger partial charge in [0.1, 0.15) is 0 Å². The van der Waals surface area contributed by atoms with E-state index in [1.807, 2.05) is 12.1 Å². The van der Waals surface area contributed by atoms with Crippen LogP contribution in [0.25, 0.3) is 10.4 Å². The van der Waals surface area contributed by atoms with Crippen molar-refractivity contribution in [2.75, 3.05) is 0 Å². The summed E-state index contributed by atoms with van der Waals surface area (Å²) in [5.74, 6) is 0. The van der Waals surface area contributed by atoms with Crippen molar-refractivity contribution in [1.29, 1.82) is 0 Å². The molecule has 13 heavy (non-hydrogen) atoms. The van der Waals surface area contributed by atoms with Gasteiger partial charge in [0.15, 0.2) is 0 Å². The first-order chi connectivity index (χ1) is 6.42. The first-order valence-electron chi connectivity index (χ1n) is 4.54. The lowest BCUT2D eigenvalue weighted by Crippen LogP contribution is -2.06. The van der Waals surface area contributed by atoms with Gasteiger partial charge in [0, 0.05) is 4.91 Å². The smallest absolute Gasteiger partial charge is 0.0628 e. The Labute approximate surface area is 77.0 Å². The maximum absolute atomic E-state index is 8.40. The van der Waals surface area contributed by atoms with Crippen LogP contribution in [0.15, 0.2) is 29.4 Å². The van der Waals surface area contributed by atoms with Crippen LogP contribution in [0.4, 0.5) is 0 Å². The molecule has 1 aliphatic carbocycles. The van der Waals surface area contributed by atoms with E-state index in [0.29, 0.717) is 0 Å². The molecule has 0 aromatic heterocycles. The molecule has 0 unspecified atom stereocenters. The maximum Gasteiger partial charge on any atom is 0.0628 e. The zero-order valence-corrected chi connectivity index (χ0v) is 7.35. The highest BCUT2D eigenvalue weighted by atomic mass is 15.1. The molecule has 0 N–H and O–H groups in total. The Morgan fingerprint density at radius 2 is 2.23 bits per heavy atom. The third-order valence-electron chi connectivity index (χ3n) is 2.53. The first kappa shape index (κ1) is 8.14. The Morgan fingerprint density at radius 3 is 3.08 bits per heavy atom. The predicted octanol–water partition coefficient (Wildman–Crippen LogP) is 3.37. The summed E-state index contributed by atoms with van der Waals surface area (Å²) in [4.78, 5) is 2.88. The Kier molecular flexibility index (Phi) is 2.19. The third kappa shape index (κ3) is 1.51. The van der Waals surface area contributed by atoms with Gasteiger partial charge in [0.25, 0.3) is 0 Å². The zero-order valence-electron chi connectivity index (χ0n) is 7.35. The van der Waals surface area contributed by atoms with E-state index in [4.69, 9.17) is 5.53 Å². The molecule has 2 rings (SSSR count). The SMILES string of the molecule is [N-]=[N+]=N[C@H]1CCCc2ccccc21. The van der Waals surface area contributed by atoms with Gasteiger partial charge in [-0.15, -0.1) is 0 Å². The molecule has 0 radical (unpaired) electrons. The molecule has 0 bridgehead atoms. The van der Waals surface area contributed by atoms with Gasteiger partial charge in [-0.25, -0.2) is 0 Å². The largest absolute Gasteiger partial charge is 0.0859 e. The molecule has 0 fully saturated rings. The zero-order chi connectivity index (χ0) is 9.10. The van der Waals surface area contributed by atoms with Gasteiger partial charge in [-0.2, -0.15) is 0 Å². The molecule has 1 atom stereocenters. The number of azide groups is 1. The van der Waals surface area contributed by atoms with Crippen molar-refractivity contribution < 1.29 is 0 Å². The van der Waals surface area contributed by atoms with Crippen LogP contribution in [0.5, 0.6) is 0 Å². The van der Waals surface area contributed by atoms with E-state index in [1.165, 1.54) is 11.1 Å². The minimum absolute atomic E-state index is 0.0648. The van der Waals surface area contributed by atoms with Crippen LogP contribution >= 0.6 is 0 Å². The van der Waals surface area contributed by atoms with Crippen LogP contribution < -0.4 is 0 Å². The summed E-state index contributed by atoms with van der Waals surface area (Å²) >= 11 is 0. The van der Waals surface area contributed by atoms with E-state index in [1.54, 1.807) is 0 Å². The molecule has 1 aromatic rings. The molecule has 3 nitrogen and oxygen atoms in total. The molecule has 0 saturated carbocycles. The highest BCUT2D eigenvalue weighted by Crippen LogP contribution is 2.32. The Morgan fingerprint density at radius 1 is 1.38 bits per heavy atom. The number of rotatable bonds is 1. The molecule has 66 valence electrons. The van der Waals surface area contributed by atoms with Gasteiger partial charge in [0.05, 0.1) is 6.04 Å². The molecule has 0 saturated heterocycles. The normalized spacial score (nSPS) is 20.2. The monoisotopic (exact) mass is 173 g/mol. The van der Waals surface area contributed by atoms with Crippen LogP contribution in [0.2, 0.25) is 0 Å². The van der Waals surface area contributed by atoms with Gasteiger partial charge < -0.3 is 0 Å². The number of benzene rings is 1. The summed E-state index contributed by atoms with van der Waals surface area (Å²) in [6, 6.07) is 8.29. The highest BCUT2D eigenvalue weighted by molar-refractivity contribution is 5.32. The van der Waals surface area contributed by atoms with Gasteiger partial charge in [-0.3, -0.25) is 0 Å². The lowest BCUT2D eigenvalue weighted by molar-refractivity contribution is 0.568. The predicted molar refractivity (Wildman–Crippen MR) is 51.3 cm³/mol. The summed E-state index contributed by atoms with van der Waals surface area (Å²) < 4.78 is 0. The molecule has 1 aromatic carbocycles. The van der Waals surface area contributed by atoms with Gasteiger partial charge in [-0.1, -0.05) is 29.4 Å². The van der Waals surface area contributed by atoms with Crippen molar-refractivity contribution in [1.82, 2.24) is 0 Å². The van der Waals surface area contributed by atoms with Crippen molar-refractivity contribution in [3.63, 3.8) is 0 Å². The summed E-state index contributed by atoms with van der Waals surface area (Å²) in [5, 5.41) is 3.81. The lowest BCUT2D eigenvalue weighted by atomic mass is 9.88. The molecular weight excluding hydrogens is 162 g/mol. The topological polar surface area (TPSA) is 48.8 Å². The van der Waals surface area contributed by atoms with Crippen molar-refractivity contribution in [2.45, 2.75) is 25.3 Å². The number of hydrogen-bond donors (Lipinski definition) is 0. The Balaban J connectivity index is 2.42. The lowest BCUT2D eigenvalue weighted by Gasteiger charge is -2.21. The highest BCUT2D eigenvalue weighted by Gasteiger charge is 2.17. The van der Waals surface area contributed by atoms with Gasteiger partial charge in [0.2, 0.25) is 0 Å². The Hall–Kier alpha value is -1.47. The standard InChI is InChI=1S/C10H11N3/c11-13-12-10-7-3-5-8-4-1-2-6-9(8)10/h1-2,4,6,10H,3,5,7H2/t10-/m0/s1. The van der Waals surface area contributed by atoms with E-state index in [9.17, 15) is 0 Å². The van der Waals surface area contributed by atoms with E-state index >= 15 is 0 Å². The Bertz CT molecular complexity index is 353. The average molecular weight is 173 g/mol. The van der Waals surface area contributed by atoms with Gasteiger partial charge in [-0.05, 0) is 35.9 Å². The second-order valence-corrected chi connectivity index (χ2v) is 3.31. The minimum atomic E-state index is 0.0648. The van der Waals surface area contributed by atoms with E-state index in [0.717, 1.165) is 19.3 Å². The minimum Gasteiger partial charge on any atom is -0.0859 e. The molecule has 0 aliphatic heterocycles. The maximum atomic E-state index is 8.40. The summed E-state index contributed by atoms with van der Waals surface area (Å²) in [6.45, 7) is 0. The van der Waals surface area contributed by atoms with Crippen molar-refractivity contribution in [2.24, 2.45) is 5.11 Å². The van der Waals surface area contributed by atoms with Crippen molar-refractivity contribution in [3.8, 4) is 0 Å². The van der Waals surface area contributed by atoms with Crippen LogP contribution in [0, 0.1) is 0 Å². The number of nitrogens with zero attached hydrogens (tertiary/aromatic N) is 3. The molecule has 1 aliphatic rings. The van der Waals surface area contributed by atoms with E-state index in [2.05, 4.69) is 22.2 Å². The van der Waals surface area contributed by atoms with E-state index < -0.39 is 0 Å². The average Bonchev–Trinajstić information content (AvgIpc) is 2.19. The third-order valence-corrected chi connectivity index (χ3v) is 2.53. The second-order valence-electron chi connectivity index (χ2n) is 3.31. The van der Waals surface area contributed by atoms with Crippen molar-refractivity contribution in [3.05, 3.63) is 45.8 Å². The molecule has 3 heteroatoms. The fourth-order valence-corrected chi connectivity index (χ4v) is 1.91. The number of hydrogen-bond acceptors (Lipinski definition) is 1. The fourth-order valence-electron chi connectivity index (χ4n) is 1.91. The number of fused-ring (bicyclic) bond motifs is 1. The van der Waals surface area contributed by atoms with Crippen LogP contribution in [0.3, 0.4) is 0 Å². The molecule has 0 amide bonds. The van der Waals surface area contributed by atoms with Crippen molar-refractivity contribution >= 4 is 0 Å². The quantitative estimate of drug-likeness (QED) is 0.355. The first-order valence-corrected chi connectivity index (χ1v) is 4.54. The summed E-state index contributed by atoms with van der Waals surface area (Å²) in [7, 11) is 0. The fraction of sp³-hybridized carbons (Fsp3) is 0.400. The number of aryl methyl sites for hydroxylation is 1. The van der Waals surface area contributed by atoms with Crippen LogP contribution in [-0.2, 0) is 6.42 Å². The second kappa shape index (κ2) is 3.50. The molecule has 0 spiro atoms.